The van der Waals surface area contributed by atoms with Crippen molar-refractivity contribution in [1.82, 2.24) is 9.97 Å². The number of rotatable bonds is 6. The Morgan fingerprint density at radius 3 is 2.50 bits per heavy atom. The van der Waals surface area contributed by atoms with Crippen LogP contribution in [0.15, 0.2) is 64.5 Å². The highest BCUT2D eigenvalue weighted by Crippen LogP contribution is 2.22. The lowest BCUT2D eigenvalue weighted by Gasteiger charge is -2.11. The molecule has 6 heteroatoms. The van der Waals surface area contributed by atoms with Gasteiger partial charge in [0.2, 0.25) is 0 Å². The molecule has 5 nitrogen and oxygen atoms in total. The van der Waals surface area contributed by atoms with Crippen LogP contribution in [0.4, 0.5) is 0 Å². The molecular formula is C20H20N2O3S. The van der Waals surface area contributed by atoms with Crippen LogP contribution in [0.2, 0.25) is 0 Å². The fraction of sp³-hybridized carbons (Fsp3) is 0.200. The molecule has 0 aliphatic rings. The predicted octanol–water partition coefficient (Wildman–Crippen LogP) is 3.20. The summed E-state index contributed by atoms with van der Waals surface area (Å²) in [6.07, 6.45) is -0.126. The molecule has 1 heterocycles. The molecule has 1 atom stereocenters. The first kappa shape index (κ1) is 18.2. The zero-order valence-corrected chi connectivity index (χ0v) is 15.2. The number of hydrogen-bond acceptors (Lipinski definition) is 5. The van der Waals surface area contributed by atoms with Crippen LogP contribution >= 0.6 is 11.8 Å². The summed E-state index contributed by atoms with van der Waals surface area (Å²) in [5.41, 5.74) is 2.88. The molecule has 0 amide bonds. The molecule has 3 rings (SSSR count). The second-order valence-corrected chi connectivity index (χ2v) is 7.03. The van der Waals surface area contributed by atoms with Gasteiger partial charge in [-0.05, 0) is 30.2 Å². The molecule has 0 bridgehead atoms. The van der Waals surface area contributed by atoms with Crippen LogP contribution in [-0.4, -0.2) is 25.9 Å². The number of aromatic hydroxyl groups is 1. The van der Waals surface area contributed by atoms with Crippen molar-refractivity contribution in [2.75, 3.05) is 5.75 Å². The summed E-state index contributed by atoms with van der Waals surface area (Å²) < 4.78 is 0. The molecule has 1 aromatic heterocycles. The molecule has 0 saturated heterocycles. The van der Waals surface area contributed by atoms with Crippen molar-refractivity contribution in [2.45, 2.75) is 24.6 Å². The average molecular weight is 368 g/mol. The van der Waals surface area contributed by atoms with Gasteiger partial charge in [-0.1, -0.05) is 54.2 Å². The number of nitrogens with zero attached hydrogens (tertiary/aromatic N) is 1. The summed E-state index contributed by atoms with van der Waals surface area (Å²) in [7, 11) is 0. The number of benzene rings is 2. The Labute approximate surface area is 155 Å². The first-order valence-corrected chi connectivity index (χ1v) is 9.25. The van der Waals surface area contributed by atoms with Crippen LogP contribution in [0, 0.1) is 6.92 Å². The Kier molecular flexibility index (Phi) is 5.75. The second kappa shape index (κ2) is 8.21. The van der Waals surface area contributed by atoms with Crippen LogP contribution in [0.3, 0.4) is 0 Å². The van der Waals surface area contributed by atoms with E-state index in [1.807, 2.05) is 42.5 Å². The van der Waals surface area contributed by atoms with Crippen LogP contribution < -0.4 is 5.56 Å². The van der Waals surface area contributed by atoms with Crippen molar-refractivity contribution in [2.24, 2.45) is 0 Å². The van der Waals surface area contributed by atoms with Crippen molar-refractivity contribution < 1.29 is 10.2 Å². The van der Waals surface area contributed by atoms with Gasteiger partial charge >= 0.3 is 0 Å². The minimum absolute atomic E-state index is 0.175. The first-order chi connectivity index (χ1) is 12.5. The summed E-state index contributed by atoms with van der Waals surface area (Å²) in [5, 5.41) is 20.1. The zero-order valence-electron chi connectivity index (χ0n) is 14.3. The monoisotopic (exact) mass is 368 g/mol. The van der Waals surface area contributed by atoms with E-state index in [1.54, 1.807) is 19.1 Å². The molecule has 0 saturated carbocycles. The number of hydrogen-bond donors (Lipinski definition) is 3. The van der Waals surface area contributed by atoms with E-state index in [-0.39, 0.29) is 11.3 Å². The molecule has 26 heavy (non-hydrogen) atoms. The molecule has 0 aliphatic carbocycles. The highest BCUT2D eigenvalue weighted by Gasteiger charge is 2.12. The van der Waals surface area contributed by atoms with Crippen molar-refractivity contribution in [1.29, 1.82) is 0 Å². The smallest absolute Gasteiger partial charge is 0.254 e. The lowest BCUT2D eigenvalue weighted by atomic mass is 10.1. The summed E-state index contributed by atoms with van der Waals surface area (Å²) >= 11 is 1.32. The molecule has 3 aromatic rings. The van der Waals surface area contributed by atoms with Crippen molar-refractivity contribution in [3.8, 4) is 5.75 Å². The fourth-order valence-electron chi connectivity index (χ4n) is 2.53. The highest BCUT2D eigenvalue weighted by molar-refractivity contribution is 7.99. The van der Waals surface area contributed by atoms with Crippen LogP contribution in [0.5, 0.6) is 5.75 Å². The summed E-state index contributed by atoms with van der Waals surface area (Å²) in [6.45, 7) is 1.74. The molecule has 0 radical (unpaired) electrons. The Morgan fingerprint density at radius 1 is 1.12 bits per heavy atom. The number of thioether (sulfide) groups is 1. The number of nitrogens with one attached hydrogen (secondary N) is 1. The Hall–Kier alpha value is -2.57. The maximum Gasteiger partial charge on any atom is 0.254 e. The molecule has 0 fully saturated rings. The zero-order chi connectivity index (χ0) is 18.5. The Bertz CT molecular complexity index is 924. The van der Waals surface area contributed by atoms with E-state index in [9.17, 15) is 15.0 Å². The first-order valence-electron chi connectivity index (χ1n) is 8.26. The van der Waals surface area contributed by atoms with Gasteiger partial charge in [-0.2, -0.15) is 0 Å². The fourth-order valence-corrected chi connectivity index (χ4v) is 3.38. The number of phenolic OH excluding ortho intramolecular Hbond substituents is 1. The third-order valence-electron chi connectivity index (χ3n) is 4.10. The average Bonchev–Trinajstić information content (AvgIpc) is 2.66. The number of aromatic amines is 1. The van der Waals surface area contributed by atoms with Crippen molar-refractivity contribution in [3.05, 3.63) is 87.3 Å². The van der Waals surface area contributed by atoms with E-state index in [0.717, 1.165) is 11.1 Å². The second-order valence-electron chi connectivity index (χ2n) is 6.02. The minimum Gasteiger partial charge on any atom is -0.508 e. The van der Waals surface area contributed by atoms with Gasteiger partial charge in [-0.25, -0.2) is 4.98 Å². The topological polar surface area (TPSA) is 86.2 Å². The summed E-state index contributed by atoms with van der Waals surface area (Å²) in [4.78, 5) is 19.5. The number of aromatic nitrogens is 2. The normalized spacial score (nSPS) is 12.1. The quantitative estimate of drug-likeness (QED) is 0.459. The molecule has 1 unspecified atom stereocenters. The lowest BCUT2D eigenvalue weighted by molar-refractivity contribution is 0.204. The largest absolute Gasteiger partial charge is 0.508 e. The molecule has 2 aromatic carbocycles. The van der Waals surface area contributed by atoms with E-state index < -0.39 is 6.10 Å². The van der Waals surface area contributed by atoms with Gasteiger partial charge in [0.15, 0.2) is 5.16 Å². The number of phenols is 1. The SMILES string of the molecule is Cc1c(Cc2ccc(O)cc2)nc(SCC(O)c2ccccc2)[nH]c1=O. The van der Waals surface area contributed by atoms with E-state index in [2.05, 4.69) is 9.97 Å². The standard InChI is InChI=1S/C20H20N2O3S/c1-13-17(11-14-7-9-16(23)10-8-14)21-20(22-19(13)25)26-12-18(24)15-5-3-2-4-6-15/h2-10,18,23-24H,11-12H2,1H3,(H,21,22,25). The highest BCUT2D eigenvalue weighted by atomic mass is 32.2. The number of H-pyrrole nitrogens is 1. The van der Waals surface area contributed by atoms with Gasteiger partial charge in [-0.15, -0.1) is 0 Å². The van der Waals surface area contributed by atoms with Gasteiger partial charge < -0.3 is 15.2 Å². The van der Waals surface area contributed by atoms with E-state index in [0.29, 0.717) is 28.6 Å². The van der Waals surface area contributed by atoms with Crippen LogP contribution in [0.1, 0.15) is 28.5 Å². The molecule has 134 valence electrons. The van der Waals surface area contributed by atoms with E-state index >= 15 is 0 Å². The minimum atomic E-state index is -0.631. The van der Waals surface area contributed by atoms with Crippen LogP contribution in [-0.2, 0) is 6.42 Å². The molecule has 0 aliphatic heterocycles. The van der Waals surface area contributed by atoms with E-state index in [1.165, 1.54) is 11.8 Å². The molecule has 3 N–H and O–H groups in total. The number of aliphatic hydroxyl groups excluding tert-OH is 1. The van der Waals surface area contributed by atoms with Gasteiger partial charge in [0.05, 0.1) is 11.8 Å². The maximum absolute atomic E-state index is 12.2. The third kappa shape index (κ3) is 4.53. The summed E-state index contributed by atoms with van der Waals surface area (Å²) in [5.74, 6) is 0.602. The predicted molar refractivity (Wildman–Crippen MR) is 103 cm³/mol. The van der Waals surface area contributed by atoms with Crippen molar-refractivity contribution in [3.63, 3.8) is 0 Å². The third-order valence-corrected chi connectivity index (χ3v) is 5.05. The maximum atomic E-state index is 12.2. The number of aliphatic hydroxyl groups is 1. The molecular weight excluding hydrogens is 348 g/mol. The van der Waals surface area contributed by atoms with Gasteiger partial charge in [0.1, 0.15) is 5.75 Å². The van der Waals surface area contributed by atoms with Gasteiger partial charge in [0, 0.05) is 17.7 Å². The van der Waals surface area contributed by atoms with E-state index in [4.69, 9.17) is 0 Å². The molecule has 0 spiro atoms. The Morgan fingerprint density at radius 2 is 1.81 bits per heavy atom. The van der Waals surface area contributed by atoms with Crippen LogP contribution in [0.25, 0.3) is 0 Å². The summed E-state index contributed by atoms with van der Waals surface area (Å²) in [6, 6.07) is 16.2. The lowest BCUT2D eigenvalue weighted by Crippen LogP contribution is -2.16. The Balaban J connectivity index is 1.75. The van der Waals surface area contributed by atoms with Crippen molar-refractivity contribution >= 4 is 11.8 Å². The van der Waals surface area contributed by atoms with Gasteiger partial charge in [-0.3, -0.25) is 4.79 Å². The van der Waals surface area contributed by atoms with Gasteiger partial charge in [0.25, 0.3) is 5.56 Å².